The molecule has 2 N–H and O–H groups in total. The van der Waals surface area contributed by atoms with E-state index in [9.17, 15) is 18.0 Å². The van der Waals surface area contributed by atoms with Crippen LogP contribution in [-0.2, 0) is 19.6 Å². The number of amides is 1. The van der Waals surface area contributed by atoms with E-state index < -0.39 is 28.5 Å². The van der Waals surface area contributed by atoms with Crippen LogP contribution >= 0.6 is 23.1 Å². The topological polar surface area (TPSA) is 158 Å². The maximum absolute atomic E-state index is 12.5. The third kappa shape index (κ3) is 6.31. The molecule has 4 rings (SSSR count). The average molecular weight is 560 g/mol. The zero-order valence-electron chi connectivity index (χ0n) is 19.8. The summed E-state index contributed by atoms with van der Waals surface area (Å²) in [5.41, 5.74) is 1.41. The van der Waals surface area contributed by atoms with E-state index in [2.05, 4.69) is 30.4 Å². The highest BCUT2D eigenvalue weighted by Gasteiger charge is 2.17. The van der Waals surface area contributed by atoms with Gasteiger partial charge < -0.3 is 10.1 Å². The predicted molar refractivity (Wildman–Crippen MR) is 139 cm³/mol. The third-order valence-electron chi connectivity index (χ3n) is 4.87. The lowest BCUT2D eigenvalue weighted by molar-refractivity contribution is -0.119. The Morgan fingerprint density at radius 2 is 1.70 bits per heavy atom. The number of nitrogens with one attached hydrogen (secondary N) is 2. The minimum absolute atomic E-state index is 0.0143. The van der Waals surface area contributed by atoms with Gasteiger partial charge in [0.25, 0.3) is 15.9 Å². The molecule has 0 saturated heterocycles. The van der Waals surface area contributed by atoms with Crippen LogP contribution in [0.5, 0.6) is 0 Å². The molecule has 0 bridgehead atoms. The molecule has 0 aliphatic heterocycles. The summed E-state index contributed by atoms with van der Waals surface area (Å²) in [6, 6.07) is 12.2. The second-order valence-electron chi connectivity index (χ2n) is 7.50. The Labute approximate surface area is 220 Å². The van der Waals surface area contributed by atoms with Gasteiger partial charge in [-0.05, 0) is 68.6 Å². The van der Waals surface area contributed by atoms with Gasteiger partial charge in [-0.1, -0.05) is 23.1 Å². The fourth-order valence-corrected chi connectivity index (χ4v) is 5.52. The lowest BCUT2D eigenvalue weighted by Gasteiger charge is -2.09. The molecule has 4 aromatic rings. The first-order valence-electron chi connectivity index (χ1n) is 10.6. The first-order chi connectivity index (χ1) is 17.7. The fourth-order valence-electron chi connectivity index (χ4n) is 3.16. The van der Waals surface area contributed by atoms with Crippen molar-refractivity contribution in [2.24, 2.45) is 0 Å². The molecule has 0 aliphatic carbocycles. The van der Waals surface area contributed by atoms with Gasteiger partial charge in [0, 0.05) is 11.4 Å². The van der Waals surface area contributed by atoms with E-state index in [1.165, 1.54) is 36.0 Å². The monoisotopic (exact) mass is 559 g/mol. The molecule has 12 nitrogen and oxygen atoms in total. The predicted octanol–water partition coefficient (Wildman–Crippen LogP) is 3.05. The normalized spacial score (nSPS) is 11.2. The molecule has 0 spiro atoms. The maximum Gasteiger partial charge on any atom is 0.338 e. The number of carbonyl (C=O) groups excluding carboxylic acids is 2. The lowest BCUT2D eigenvalue weighted by atomic mass is 10.2. The summed E-state index contributed by atoms with van der Waals surface area (Å²) in [4.78, 5) is 24.6. The smallest absolute Gasteiger partial charge is 0.338 e. The summed E-state index contributed by atoms with van der Waals surface area (Å²) >= 11 is 2.56. The van der Waals surface area contributed by atoms with Crippen molar-refractivity contribution >= 4 is 55.8 Å². The number of benzene rings is 2. The Morgan fingerprint density at radius 3 is 2.32 bits per heavy atom. The summed E-state index contributed by atoms with van der Waals surface area (Å²) in [6.45, 7) is 3.03. The Hall–Kier alpha value is -3.82. The second-order valence-corrected chi connectivity index (χ2v) is 11.1. The summed E-state index contributed by atoms with van der Waals surface area (Å²) in [6.07, 6.45) is 1.90. The van der Waals surface area contributed by atoms with E-state index in [4.69, 9.17) is 4.74 Å². The molecule has 0 radical (unpaired) electrons. The minimum Gasteiger partial charge on any atom is -0.452 e. The standard InChI is InChI=1S/C22H21N7O5S3/c1-13-24-27-22(35-3)29(13)17-8-4-15(5-9-17)20(31)34-12-19(30)23-16-6-10-18(11-7-16)37(32,33)28-21-26-25-14(2)36-21/h4-11H,12H2,1-3H3,(H,23,30)(H,26,28). The van der Waals surface area contributed by atoms with Gasteiger partial charge in [-0.2, -0.15) is 0 Å². The van der Waals surface area contributed by atoms with Crippen molar-refractivity contribution in [1.29, 1.82) is 0 Å². The molecule has 1 amide bonds. The molecule has 0 atom stereocenters. The first kappa shape index (κ1) is 26.2. The largest absolute Gasteiger partial charge is 0.452 e. The summed E-state index contributed by atoms with van der Waals surface area (Å²) in [5, 5.41) is 19.7. The van der Waals surface area contributed by atoms with Gasteiger partial charge >= 0.3 is 5.97 Å². The summed E-state index contributed by atoms with van der Waals surface area (Å²) in [5.74, 6) is -0.524. The minimum atomic E-state index is -3.86. The molecule has 0 aliphatic rings. The molecule has 37 heavy (non-hydrogen) atoms. The van der Waals surface area contributed by atoms with Crippen molar-refractivity contribution in [1.82, 2.24) is 25.0 Å². The SMILES string of the molecule is CSc1nnc(C)n1-c1ccc(C(=O)OCC(=O)Nc2ccc(S(=O)(=O)Nc3nnc(C)s3)cc2)cc1. The van der Waals surface area contributed by atoms with Gasteiger partial charge in [-0.3, -0.25) is 14.1 Å². The van der Waals surface area contributed by atoms with Crippen molar-refractivity contribution < 1.29 is 22.7 Å². The molecule has 0 fully saturated rings. The zero-order valence-corrected chi connectivity index (χ0v) is 22.3. The number of anilines is 2. The van der Waals surface area contributed by atoms with Crippen LogP contribution in [0.3, 0.4) is 0 Å². The van der Waals surface area contributed by atoms with Gasteiger partial charge in [0.05, 0.1) is 10.5 Å². The Balaban J connectivity index is 1.31. The van der Waals surface area contributed by atoms with E-state index >= 15 is 0 Å². The molecule has 0 saturated carbocycles. The van der Waals surface area contributed by atoms with Crippen molar-refractivity contribution in [2.75, 3.05) is 22.9 Å². The molecule has 15 heteroatoms. The van der Waals surface area contributed by atoms with Crippen molar-refractivity contribution in [2.45, 2.75) is 23.9 Å². The van der Waals surface area contributed by atoms with Gasteiger partial charge in [0.1, 0.15) is 10.8 Å². The maximum atomic E-state index is 12.5. The number of sulfonamides is 1. The van der Waals surface area contributed by atoms with E-state index in [1.54, 1.807) is 31.2 Å². The molecule has 0 unspecified atom stereocenters. The molecule has 2 aromatic heterocycles. The van der Waals surface area contributed by atoms with E-state index in [0.717, 1.165) is 22.2 Å². The van der Waals surface area contributed by atoms with Gasteiger partial charge in [-0.25, -0.2) is 13.2 Å². The number of ether oxygens (including phenoxy) is 1. The molecule has 192 valence electrons. The number of esters is 1. The van der Waals surface area contributed by atoms with Crippen LogP contribution in [0.4, 0.5) is 10.8 Å². The van der Waals surface area contributed by atoms with Crippen LogP contribution in [0.15, 0.2) is 58.6 Å². The van der Waals surface area contributed by atoms with Crippen LogP contribution in [0.1, 0.15) is 21.2 Å². The van der Waals surface area contributed by atoms with Crippen molar-refractivity contribution in [3.8, 4) is 5.69 Å². The zero-order chi connectivity index (χ0) is 26.6. The highest BCUT2D eigenvalue weighted by Crippen LogP contribution is 2.22. The Morgan fingerprint density at radius 1 is 1.00 bits per heavy atom. The summed E-state index contributed by atoms with van der Waals surface area (Å²) in [7, 11) is -3.86. The van der Waals surface area contributed by atoms with Crippen LogP contribution < -0.4 is 10.0 Å². The molecular weight excluding hydrogens is 538 g/mol. The van der Waals surface area contributed by atoms with Gasteiger partial charge in [-0.15, -0.1) is 20.4 Å². The fraction of sp³-hybridized carbons (Fsp3) is 0.182. The summed E-state index contributed by atoms with van der Waals surface area (Å²) < 4.78 is 34.2. The number of nitrogens with zero attached hydrogens (tertiary/aromatic N) is 5. The third-order valence-corrected chi connectivity index (χ3v) is 7.74. The highest BCUT2D eigenvalue weighted by atomic mass is 32.2. The van der Waals surface area contributed by atoms with Crippen molar-refractivity contribution in [3.63, 3.8) is 0 Å². The van der Waals surface area contributed by atoms with E-state index in [0.29, 0.717) is 16.5 Å². The number of hydrogen-bond acceptors (Lipinski definition) is 11. The second kappa shape index (κ2) is 11.1. The lowest BCUT2D eigenvalue weighted by Crippen LogP contribution is -2.21. The average Bonchev–Trinajstić information content (AvgIpc) is 3.46. The van der Waals surface area contributed by atoms with E-state index in [1.807, 2.05) is 17.7 Å². The van der Waals surface area contributed by atoms with Gasteiger partial charge in [0.15, 0.2) is 11.8 Å². The van der Waals surface area contributed by atoms with Gasteiger partial charge in [0.2, 0.25) is 5.13 Å². The number of carbonyl (C=O) groups is 2. The number of thioether (sulfide) groups is 1. The molecule has 2 aromatic carbocycles. The Bertz CT molecular complexity index is 1530. The highest BCUT2D eigenvalue weighted by molar-refractivity contribution is 7.98. The van der Waals surface area contributed by atoms with E-state index in [-0.39, 0.29) is 15.6 Å². The quantitative estimate of drug-likeness (QED) is 0.231. The number of aromatic nitrogens is 5. The van der Waals surface area contributed by atoms with Crippen LogP contribution in [0.2, 0.25) is 0 Å². The Kier molecular flexibility index (Phi) is 7.85. The first-order valence-corrected chi connectivity index (χ1v) is 14.1. The molecular formula is C22H21N7O5S3. The number of hydrogen-bond donors (Lipinski definition) is 2. The number of rotatable bonds is 9. The van der Waals surface area contributed by atoms with Crippen LogP contribution in [-0.4, -0.2) is 58.1 Å². The van der Waals surface area contributed by atoms with Crippen molar-refractivity contribution in [3.05, 3.63) is 64.9 Å². The van der Waals surface area contributed by atoms with Crippen LogP contribution in [0, 0.1) is 13.8 Å². The number of aryl methyl sites for hydroxylation is 2. The molecule has 2 heterocycles. The van der Waals surface area contributed by atoms with Crippen LogP contribution in [0.25, 0.3) is 5.69 Å².